The van der Waals surface area contributed by atoms with Crippen molar-refractivity contribution in [3.8, 4) is 0 Å². The summed E-state index contributed by atoms with van der Waals surface area (Å²) in [7, 11) is 1.88. The summed E-state index contributed by atoms with van der Waals surface area (Å²) < 4.78 is 1.75. The van der Waals surface area contributed by atoms with Crippen LogP contribution in [-0.2, 0) is 12.5 Å². The molecule has 2 aromatic heterocycles. The highest BCUT2D eigenvalue weighted by molar-refractivity contribution is 5.87. The average molecular weight is 204 g/mol. The standard InChI is InChI=1S/C11H16N4/c1-11(2,3)9-5-8(12)7-6-13-15(4)10(7)14-9/h5-6H,1-4H3,(H2,12,14). The van der Waals surface area contributed by atoms with Gasteiger partial charge >= 0.3 is 0 Å². The van der Waals surface area contributed by atoms with Gasteiger partial charge in [0.15, 0.2) is 5.65 Å². The Morgan fingerprint density at radius 2 is 2.00 bits per heavy atom. The number of hydrogen-bond donors (Lipinski definition) is 1. The second-order valence-electron chi connectivity index (χ2n) is 4.85. The molecule has 2 heterocycles. The van der Waals surface area contributed by atoms with Gasteiger partial charge in [-0.2, -0.15) is 5.10 Å². The molecule has 2 aromatic rings. The Labute approximate surface area is 89.1 Å². The first-order valence-electron chi connectivity index (χ1n) is 4.98. The molecule has 80 valence electrons. The van der Waals surface area contributed by atoms with E-state index in [1.54, 1.807) is 10.9 Å². The average Bonchev–Trinajstić information content (AvgIpc) is 2.47. The fourth-order valence-corrected chi connectivity index (χ4v) is 1.52. The van der Waals surface area contributed by atoms with Gasteiger partial charge in [0.25, 0.3) is 0 Å². The lowest BCUT2D eigenvalue weighted by molar-refractivity contribution is 0.570. The number of anilines is 1. The maximum Gasteiger partial charge on any atom is 0.159 e. The molecule has 0 unspecified atom stereocenters. The van der Waals surface area contributed by atoms with Crippen molar-refractivity contribution >= 4 is 16.7 Å². The summed E-state index contributed by atoms with van der Waals surface area (Å²) in [5.74, 6) is 0. The third kappa shape index (κ3) is 1.56. The number of rotatable bonds is 0. The normalized spacial score (nSPS) is 12.3. The van der Waals surface area contributed by atoms with Gasteiger partial charge in [0.05, 0.1) is 17.3 Å². The summed E-state index contributed by atoms with van der Waals surface area (Å²) >= 11 is 0. The van der Waals surface area contributed by atoms with Crippen LogP contribution in [-0.4, -0.2) is 14.8 Å². The summed E-state index contributed by atoms with van der Waals surface area (Å²) in [5.41, 5.74) is 8.57. The van der Waals surface area contributed by atoms with Crippen LogP contribution in [0.5, 0.6) is 0 Å². The first-order valence-corrected chi connectivity index (χ1v) is 4.98. The predicted octanol–water partition coefficient (Wildman–Crippen LogP) is 1.85. The number of pyridine rings is 1. The number of aromatic nitrogens is 3. The lowest BCUT2D eigenvalue weighted by atomic mass is 9.91. The van der Waals surface area contributed by atoms with Crippen LogP contribution in [0.4, 0.5) is 5.69 Å². The quantitative estimate of drug-likeness (QED) is 0.712. The fourth-order valence-electron chi connectivity index (χ4n) is 1.52. The van der Waals surface area contributed by atoms with Crippen LogP contribution < -0.4 is 5.73 Å². The minimum Gasteiger partial charge on any atom is -0.398 e. The summed E-state index contributed by atoms with van der Waals surface area (Å²) in [5, 5.41) is 5.08. The summed E-state index contributed by atoms with van der Waals surface area (Å²) in [6.45, 7) is 6.37. The van der Waals surface area contributed by atoms with E-state index in [1.807, 2.05) is 13.1 Å². The third-order valence-electron chi connectivity index (χ3n) is 2.51. The van der Waals surface area contributed by atoms with Gasteiger partial charge < -0.3 is 5.73 Å². The highest BCUT2D eigenvalue weighted by Crippen LogP contribution is 2.26. The van der Waals surface area contributed by atoms with Crippen molar-refractivity contribution in [2.24, 2.45) is 7.05 Å². The topological polar surface area (TPSA) is 56.7 Å². The van der Waals surface area contributed by atoms with E-state index >= 15 is 0 Å². The third-order valence-corrected chi connectivity index (χ3v) is 2.51. The molecule has 2 N–H and O–H groups in total. The van der Waals surface area contributed by atoms with Crippen molar-refractivity contribution in [3.63, 3.8) is 0 Å². The van der Waals surface area contributed by atoms with Gasteiger partial charge in [-0.15, -0.1) is 0 Å². The van der Waals surface area contributed by atoms with E-state index in [1.165, 1.54) is 0 Å². The summed E-state index contributed by atoms with van der Waals surface area (Å²) in [6.07, 6.45) is 1.75. The highest BCUT2D eigenvalue weighted by atomic mass is 15.3. The fraction of sp³-hybridized carbons (Fsp3) is 0.455. The monoisotopic (exact) mass is 204 g/mol. The first-order chi connectivity index (χ1) is 6.89. The van der Waals surface area contributed by atoms with E-state index in [-0.39, 0.29) is 5.41 Å². The maximum atomic E-state index is 5.97. The van der Waals surface area contributed by atoms with Crippen molar-refractivity contribution in [2.45, 2.75) is 26.2 Å². The van der Waals surface area contributed by atoms with Crippen LogP contribution in [0.25, 0.3) is 11.0 Å². The van der Waals surface area contributed by atoms with Crippen molar-refractivity contribution in [1.29, 1.82) is 0 Å². The molecule has 2 rings (SSSR count). The van der Waals surface area contributed by atoms with Crippen LogP contribution >= 0.6 is 0 Å². The zero-order valence-corrected chi connectivity index (χ0v) is 9.57. The number of nitrogens with two attached hydrogens (primary N) is 1. The van der Waals surface area contributed by atoms with Gasteiger partial charge in [-0.25, -0.2) is 4.98 Å². The number of aryl methyl sites for hydroxylation is 1. The summed E-state index contributed by atoms with van der Waals surface area (Å²) in [6, 6.07) is 1.93. The number of fused-ring (bicyclic) bond motifs is 1. The molecule has 4 nitrogen and oxygen atoms in total. The molecule has 0 aliphatic rings. The van der Waals surface area contributed by atoms with E-state index in [4.69, 9.17) is 5.73 Å². The zero-order valence-electron chi connectivity index (χ0n) is 9.57. The molecule has 0 radical (unpaired) electrons. The van der Waals surface area contributed by atoms with E-state index in [2.05, 4.69) is 30.9 Å². The Kier molecular flexibility index (Phi) is 1.96. The molecule has 0 fully saturated rings. The Balaban J connectivity index is 2.76. The molecule has 0 saturated heterocycles. The molecule has 0 aromatic carbocycles. The lowest BCUT2D eigenvalue weighted by Gasteiger charge is -2.18. The Morgan fingerprint density at radius 3 is 2.60 bits per heavy atom. The van der Waals surface area contributed by atoms with Crippen molar-refractivity contribution in [2.75, 3.05) is 5.73 Å². The van der Waals surface area contributed by atoms with Crippen molar-refractivity contribution in [3.05, 3.63) is 18.0 Å². The minimum absolute atomic E-state index is 0.00653. The van der Waals surface area contributed by atoms with Crippen LogP contribution in [0.2, 0.25) is 0 Å². The van der Waals surface area contributed by atoms with E-state index in [0.29, 0.717) is 0 Å². The van der Waals surface area contributed by atoms with Gasteiger partial charge in [0, 0.05) is 18.2 Å². The molecule has 0 aliphatic heterocycles. The van der Waals surface area contributed by atoms with Gasteiger partial charge in [-0.1, -0.05) is 20.8 Å². The number of nitrogens with zero attached hydrogens (tertiary/aromatic N) is 3. The Hall–Kier alpha value is -1.58. The minimum atomic E-state index is 0.00653. The molecule has 0 saturated carbocycles. The smallest absolute Gasteiger partial charge is 0.159 e. The first kappa shape index (κ1) is 9.96. The molecule has 0 atom stereocenters. The SMILES string of the molecule is Cn1ncc2c(N)cc(C(C)(C)C)nc21. The van der Waals surface area contributed by atoms with E-state index < -0.39 is 0 Å². The molecular formula is C11H16N4. The van der Waals surface area contributed by atoms with E-state index in [9.17, 15) is 0 Å². The molecular weight excluding hydrogens is 188 g/mol. The van der Waals surface area contributed by atoms with Crippen LogP contribution in [0.15, 0.2) is 12.3 Å². The van der Waals surface area contributed by atoms with E-state index in [0.717, 1.165) is 22.4 Å². The lowest BCUT2D eigenvalue weighted by Crippen LogP contribution is -2.14. The van der Waals surface area contributed by atoms with Gasteiger partial charge in [-0.05, 0) is 6.07 Å². The molecule has 0 aliphatic carbocycles. The molecule has 0 bridgehead atoms. The Morgan fingerprint density at radius 1 is 1.33 bits per heavy atom. The highest BCUT2D eigenvalue weighted by Gasteiger charge is 2.18. The second-order valence-corrected chi connectivity index (χ2v) is 4.85. The Bertz CT molecular complexity index is 505. The van der Waals surface area contributed by atoms with Gasteiger partial charge in [0.2, 0.25) is 0 Å². The molecule has 4 heteroatoms. The molecule has 0 spiro atoms. The molecule has 15 heavy (non-hydrogen) atoms. The molecule has 0 amide bonds. The maximum absolute atomic E-state index is 5.97. The van der Waals surface area contributed by atoms with Crippen LogP contribution in [0.3, 0.4) is 0 Å². The van der Waals surface area contributed by atoms with Gasteiger partial charge in [-0.3, -0.25) is 4.68 Å². The van der Waals surface area contributed by atoms with Crippen molar-refractivity contribution in [1.82, 2.24) is 14.8 Å². The van der Waals surface area contributed by atoms with Gasteiger partial charge in [0.1, 0.15) is 0 Å². The zero-order chi connectivity index (χ0) is 11.2. The van der Waals surface area contributed by atoms with Crippen molar-refractivity contribution < 1.29 is 0 Å². The predicted molar refractivity (Wildman–Crippen MR) is 61.6 cm³/mol. The summed E-state index contributed by atoms with van der Waals surface area (Å²) in [4.78, 5) is 4.59. The largest absolute Gasteiger partial charge is 0.398 e. The number of hydrogen-bond acceptors (Lipinski definition) is 3. The second kappa shape index (κ2) is 2.95. The van der Waals surface area contributed by atoms with Crippen LogP contribution in [0.1, 0.15) is 26.5 Å². The van der Waals surface area contributed by atoms with Crippen LogP contribution in [0, 0.1) is 0 Å². The number of nitrogen functional groups attached to an aromatic ring is 1.